The number of aliphatic hydroxyl groups excluding tert-OH is 1. The van der Waals surface area contributed by atoms with Crippen molar-refractivity contribution in [2.24, 2.45) is 46.3 Å². The highest BCUT2D eigenvalue weighted by atomic mass is 16.6. The number of esters is 1. The topological polar surface area (TPSA) is 55.8 Å². The van der Waals surface area contributed by atoms with Gasteiger partial charge in [0.25, 0.3) is 0 Å². The molecule has 1 N–H and O–H groups in total. The summed E-state index contributed by atoms with van der Waals surface area (Å²) in [6, 6.07) is 0. The van der Waals surface area contributed by atoms with E-state index in [1.807, 2.05) is 6.92 Å². The van der Waals surface area contributed by atoms with Gasteiger partial charge in [-0.1, -0.05) is 20.8 Å². The van der Waals surface area contributed by atoms with E-state index in [0.29, 0.717) is 43.0 Å². The van der Waals surface area contributed by atoms with E-state index in [0.717, 1.165) is 48.9 Å². The van der Waals surface area contributed by atoms with Crippen molar-refractivity contribution in [3.05, 3.63) is 0 Å². The Morgan fingerprint density at radius 1 is 1.00 bits per heavy atom. The lowest BCUT2D eigenvalue weighted by Crippen LogP contribution is -2.54. The normalized spacial score (nSPS) is 44.3. The first kappa shape index (κ1) is 24.5. The predicted molar refractivity (Wildman–Crippen MR) is 127 cm³/mol. The van der Waals surface area contributed by atoms with Gasteiger partial charge in [0.1, 0.15) is 6.61 Å². The monoisotopic (exact) mass is 448 g/mol. The standard InChI is InChI=1S/C28H48O4/c1-5-31-16-17-32-26(30)11-6-19(2)23-9-10-24-22-8-7-20-18-21(29)12-14-27(20,3)25(22)13-15-28(23,24)4/h19-25,29H,5-18H2,1-4H3/t19-,20?,21-,22+,23-,24+,25+,27+,28-/m1/s1. The van der Waals surface area contributed by atoms with Gasteiger partial charge in [0.15, 0.2) is 0 Å². The first-order valence-electron chi connectivity index (χ1n) is 13.7. The van der Waals surface area contributed by atoms with Crippen molar-refractivity contribution >= 4 is 5.97 Å². The molecular weight excluding hydrogens is 400 g/mol. The van der Waals surface area contributed by atoms with Crippen LogP contribution in [0.4, 0.5) is 0 Å². The predicted octanol–water partition coefficient (Wildman–Crippen LogP) is 6.00. The van der Waals surface area contributed by atoms with E-state index >= 15 is 0 Å². The van der Waals surface area contributed by atoms with Crippen LogP contribution in [0, 0.1) is 46.3 Å². The summed E-state index contributed by atoms with van der Waals surface area (Å²) in [5.74, 6) is 4.59. The minimum Gasteiger partial charge on any atom is -0.463 e. The van der Waals surface area contributed by atoms with Crippen LogP contribution in [0.5, 0.6) is 0 Å². The van der Waals surface area contributed by atoms with Gasteiger partial charge >= 0.3 is 5.97 Å². The van der Waals surface area contributed by atoms with E-state index in [2.05, 4.69) is 20.8 Å². The molecule has 4 heteroatoms. The van der Waals surface area contributed by atoms with E-state index in [1.54, 1.807) is 0 Å². The summed E-state index contributed by atoms with van der Waals surface area (Å²) in [6.45, 7) is 11.1. The number of aliphatic hydroxyl groups is 1. The van der Waals surface area contributed by atoms with E-state index in [1.165, 1.54) is 44.9 Å². The van der Waals surface area contributed by atoms with Crippen molar-refractivity contribution in [2.75, 3.05) is 19.8 Å². The molecule has 32 heavy (non-hydrogen) atoms. The summed E-state index contributed by atoms with van der Waals surface area (Å²) in [7, 11) is 0. The van der Waals surface area contributed by atoms with Crippen LogP contribution in [0.2, 0.25) is 0 Å². The summed E-state index contributed by atoms with van der Waals surface area (Å²) >= 11 is 0. The Morgan fingerprint density at radius 2 is 1.75 bits per heavy atom. The number of rotatable bonds is 8. The molecule has 4 aliphatic rings. The maximum atomic E-state index is 12.2. The van der Waals surface area contributed by atoms with Gasteiger partial charge in [-0.2, -0.15) is 0 Å². The molecule has 4 saturated carbocycles. The number of carbonyl (C=O) groups is 1. The van der Waals surface area contributed by atoms with Gasteiger partial charge in [-0.3, -0.25) is 4.79 Å². The number of hydrogen-bond donors (Lipinski definition) is 1. The fourth-order valence-corrected chi connectivity index (χ4v) is 9.19. The average Bonchev–Trinajstić information content (AvgIpc) is 3.13. The molecule has 0 saturated heterocycles. The first-order valence-corrected chi connectivity index (χ1v) is 13.7. The molecule has 4 rings (SSSR count). The van der Waals surface area contributed by atoms with Gasteiger partial charge < -0.3 is 14.6 Å². The van der Waals surface area contributed by atoms with Crippen molar-refractivity contribution in [1.29, 1.82) is 0 Å². The van der Waals surface area contributed by atoms with Crippen LogP contribution in [0.3, 0.4) is 0 Å². The van der Waals surface area contributed by atoms with E-state index in [9.17, 15) is 9.90 Å². The first-order chi connectivity index (χ1) is 15.3. The fraction of sp³-hybridized carbons (Fsp3) is 0.964. The van der Waals surface area contributed by atoms with Crippen molar-refractivity contribution < 1.29 is 19.4 Å². The lowest BCUT2D eigenvalue weighted by Gasteiger charge is -2.61. The van der Waals surface area contributed by atoms with Crippen LogP contribution in [0.1, 0.15) is 98.3 Å². The van der Waals surface area contributed by atoms with Crippen LogP contribution in [0.25, 0.3) is 0 Å². The lowest BCUT2D eigenvalue weighted by molar-refractivity contribution is -0.146. The van der Waals surface area contributed by atoms with Crippen LogP contribution < -0.4 is 0 Å². The zero-order valence-corrected chi connectivity index (χ0v) is 21.1. The maximum Gasteiger partial charge on any atom is 0.305 e. The quantitative estimate of drug-likeness (QED) is 0.365. The highest BCUT2D eigenvalue weighted by Gasteiger charge is 2.60. The minimum atomic E-state index is -0.0642. The van der Waals surface area contributed by atoms with Crippen LogP contribution in [0.15, 0.2) is 0 Å². The van der Waals surface area contributed by atoms with Crippen molar-refractivity contribution in [3.63, 3.8) is 0 Å². The zero-order chi connectivity index (χ0) is 22.9. The Balaban J connectivity index is 1.35. The molecule has 0 bridgehead atoms. The van der Waals surface area contributed by atoms with E-state index in [-0.39, 0.29) is 12.1 Å². The van der Waals surface area contributed by atoms with Gasteiger partial charge in [-0.05, 0) is 117 Å². The van der Waals surface area contributed by atoms with Gasteiger partial charge in [0, 0.05) is 13.0 Å². The van der Waals surface area contributed by atoms with Crippen LogP contribution in [-0.4, -0.2) is 37.0 Å². The third-order valence-corrected chi connectivity index (χ3v) is 10.9. The van der Waals surface area contributed by atoms with Gasteiger partial charge in [-0.25, -0.2) is 0 Å². The van der Waals surface area contributed by atoms with Crippen molar-refractivity contribution in [3.8, 4) is 0 Å². The molecular formula is C28H48O4. The molecule has 0 amide bonds. The Morgan fingerprint density at radius 3 is 2.53 bits per heavy atom. The highest BCUT2D eigenvalue weighted by Crippen LogP contribution is 2.68. The molecule has 1 unspecified atom stereocenters. The fourth-order valence-electron chi connectivity index (χ4n) is 9.19. The molecule has 0 radical (unpaired) electrons. The molecule has 4 nitrogen and oxygen atoms in total. The molecule has 0 aromatic heterocycles. The van der Waals surface area contributed by atoms with Crippen LogP contribution >= 0.6 is 0 Å². The second kappa shape index (κ2) is 9.94. The molecule has 0 aromatic carbocycles. The van der Waals surface area contributed by atoms with Gasteiger partial charge in [0.2, 0.25) is 0 Å². The molecule has 0 heterocycles. The third-order valence-electron chi connectivity index (χ3n) is 10.9. The summed E-state index contributed by atoms with van der Waals surface area (Å²) in [6.07, 6.45) is 12.9. The smallest absolute Gasteiger partial charge is 0.305 e. The molecule has 0 spiro atoms. The Labute approximate surface area is 196 Å². The highest BCUT2D eigenvalue weighted by molar-refractivity contribution is 5.69. The van der Waals surface area contributed by atoms with Crippen molar-refractivity contribution in [2.45, 2.75) is 104 Å². The molecule has 9 atom stereocenters. The zero-order valence-electron chi connectivity index (χ0n) is 21.1. The molecule has 4 aliphatic carbocycles. The maximum absolute atomic E-state index is 12.2. The minimum absolute atomic E-state index is 0.0546. The molecule has 0 aromatic rings. The summed E-state index contributed by atoms with van der Waals surface area (Å²) in [4.78, 5) is 12.2. The number of hydrogen-bond acceptors (Lipinski definition) is 4. The largest absolute Gasteiger partial charge is 0.463 e. The molecule has 0 aliphatic heterocycles. The lowest BCUT2D eigenvalue weighted by atomic mass is 9.44. The Hall–Kier alpha value is -0.610. The summed E-state index contributed by atoms with van der Waals surface area (Å²) in [5, 5.41) is 10.3. The Bertz CT molecular complexity index is 649. The molecule has 4 fully saturated rings. The summed E-state index contributed by atoms with van der Waals surface area (Å²) < 4.78 is 10.6. The van der Waals surface area contributed by atoms with Crippen molar-refractivity contribution in [1.82, 2.24) is 0 Å². The Kier molecular flexibility index (Phi) is 7.61. The summed E-state index contributed by atoms with van der Waals surface area (Å²) in [5.41, 5.74) is 0.898. The average molecular weight is 449 g/mol. The van der Waals surface area contributed by atoms with Crippen LogP contribution in [-0.2, 0) is 14.3 Å². The SMILES string of the molecule is CCOCCOC(=O)CC[C@@H](C)[C@H]1CC[C@H]2[C@@H]3CCC4C[C@H](O)CC[C@]4(C)[C@H]3CC[C@]12C. The second-order valence-corrected chi connectivity index (χ2v) is 12.2. The number of ether oxygens (including phenoxy) is 2. The second-order valence-electron chi connectivity index (χ2n) is 12.2. The number of fused-ring (bicyclic) bond motifs is 5. The van der Waals surface area contributed by atoms with Gasteiger partial charge in [0.05, 0.1) is 12.7 Å². The number of carbonyl (C=O) groups excluding carboxylic acids is 1. The third kappa shape index (κ3) is 4.52. The molecule has 184 valence electrons. The van der Waals surface area contributed by atoms with E-state index in [4.69, 9.17) is 9.47 Å². The van der Waals surface area contributed by atoms with E-state index < -0.39 is 0 Å². The van der Waals surface area contributed by atoms with Gasteiger partial charge in [-0.15, -0.1) is 0 Å².